The summed E-state index contributed by atoms with van der Waals surface area (Å²) < 4.78 is 5.90. The second-order valence-corrected chi connectivity index (χ2v) is 6.90. The Labute approximate surface area is 153 Å². The third-order valence-electron chi connectivity index (χ3n) is 4.59. The zero-order valence-electron chi connectivity index (χ0n) is 15.1. The summed E-state index contributed by atoms with van der Waals surface area (Å²) in [5, 5.41) is 9.03. The number of rotatable bonds is 6. The Morgan fingerprint density at radius 2 is 1.77 bits per heavy atom. The van der Waals surface area contributed by atoms with Gasteiger partial charge in [-0.05, 0) is 61.2 Å². The maximum Gasteiger partial charge on any atom is 0.308 e. The molecule has 0 radical (unpaired) electrons. The lowest BCUT2D eigenvalue weighted by molar-refractivity contribution is -0.141. The molecule has 1 heterocycles. The van der Waals surface area contributed by atoms with E-state index < -0.39 is 11.9 Å². The first kappa shape index (κ1) is 18.0. The summed E-state index contributed by atoms with van der Waals surface area (Å²) in [5.41, 5.74) is 3.41. The van der Waals surface area contributed by atoms with E-state index in [0.29, 0.717) is 19.5 Å². The molecule has 0 aliphatic carbocycles. The number of ether oxygens (including phenoxy) is 1. The van der Waals surface area contributed by atoms with E-state index in [2.05, 4.69) is 6.07 Å². The summed E-state index contributed by atoms with van der Waals surface area (Å²) in [5.74, 6) is 0.0385. The van der Waals surface area contributed by atoms with Crippen LogP contribution in [0.1, 0.15) is 23.1 Å². The SMILES string of the molecule is Cc1cc(C)cc(Oc2ccc(CCN3CC(C(=O)O)CC3=O)cc2)c1. The molecular weight excluding hydrogens is 330 g/mol. The van der Waals surface area contributed by atoms with Gasteiger partial charge in [-0.25, -0.2) is 0 Å². The Bertz CT molecular complexity index is 793. The maximum atomic E-state index is 11.9. The van der Waals surface area contributed by atoms with Crippen molar-refractivity contribution in [2.45, 2.75) is 26.7 Å². The minimum absolute atomic E-state index is 0.0767. The number of aryl methyl sites for hydroxylation is 2. The first-order valence-electron chi connectivity index (χ1n) is 8.76. The van der Waals surface area contributed by atoms with Crippen LogP contribution in [-0.4, -0.2) is 35.0 Å². The second-order valence-electron chi connectivity index (χ2n) is 6.90. The maximum absolute atomic E-state index is 11.9. The lowest BCUT2D eigenvalue weighted by atomic mass is 10.1. The van der Waals surface area contributed by atoms with Crippen molar-refractivity contribution in [3.05, 3.63) is 59.2 Å². The van der Waals surface area contributed by atoms with Gasteiger partial charge in [-0.1, -0.05) is 18.2 Å². The van der Waals surface area contributed by atoms with Crippen molar-refractivity contribution < 1.29 is 19.4 Å². The fraction of sp³-hybridized carbons (Fsp3) is 0.333. The first-order chi connectivity index (χ1) is 12.4. The molecule has 0 aromatic heterocycles. The summed E-state index contributed by atoms with van der Waals surface area (Å²) >= 11 is 0. The first-order valence-corrected chi connectivity index (χ1v) is 8.76. The highest BCUT2D eigenvalue weighted by molar-refractivity contribution is 5.86. The van der Waals surface area contributed by atoms with Gasteiger partial charge in [-0.15, -0.1) is 0 Å². The zero-order chi connectivity index (χ0) is 18.7. The molecule has 1 fully saturated rings. The largest absolute Gasteiger partial charge is 0.481 e. The molecule has 5 heteroatoms. The minimum Gasteiger partial charge on any atom is -0.481 e. The molecule has 1 aliphatic rings. The van der Waals surface area contributed by atoms with Crippen molar-refractivity contribution in [2.75, 3.05) is 13.1 Å². The smallest absolute Gasteiger partial charge is 0.308 e. The zero-order valence-corrected chi connectivity index (χ0v) is 15.1. The van der Waals surface area contributed by atoms with Crippen molar-refractivity contribution in [1.29, 1.82) is 0 Å². The molecule has 2 aromatic rings. The van der Waals surface area contributed by atoms with Gasteiger partial charge in [-0.2, -0.15) is 0 Å². The fourth-order valence-electron chi connectivity index (χ4n) is 3.27. The number of hydrogen-bond acceptors (Lipinski definition) is 3. The van der Waals surface area contributed by atoms with Gasteiger partial charge in [0.1, 0.15) is 11.5 Å². The molecular formula is C21H23NO4. The lowest BCUT2D eigenvalue weighted by Crippen LogP contribution is -2.28. The Hall–Kier alpha value is -2.82. The summed E-state index contributed by atoms with van der Waals surface area (Å²) in [7, 11) is 0. The van der Waals surface area contributed by atoms with E-state index in [4.69, 9.17) is 9.84 Å². The van der Waals surface area contributed by atoms with Crippen LogP contribution in [0.15, 0.2) is 42.5 Å². The van der Waals surface area contributed by atoms with Gasteiger partial charge in [-0.3, -0.25) is 9.59 Å². The molecule has 26 heavy (non-hydrogen) atoms. The van der Waals surface area contributed by atoms with Crippen LogP contribution in [0.4, 0.5) is 0 Å². The number of carbonyl (C=O) groups is 2. The average molecular weight is 353 g/mol. The van der Waals surface area contributed by atoms with Gasteiger partial charge >= 0.3 is 5.97 Å². The number of nitrogens with zero attached hydrogens (tertiary/aromatic N) is 1. The molecule has 0 spiro atoms. The molecule has 2 aromatic carbocycles. The molecule has 136 valence electrons. The third kappa shape index (κ3) is 4.42. The molecule has 0 saturated carbocycles. The number of carbonyl (C=O) groups excluding carboxylic acids is 1. The molecule has 3 rings (SSSR count). The van der Waals surface area contributed by atoms with Gasteiger partial charge in [0, 0.05) is 19.5 Å². The van der Waals surface area contributed by atoms with Crippen LogP contribution < -0.4 is 4.74 Å². The summed E-state index contributed by atoms with van der Waals surface area (Å²) in [6.45, 7) is 4.93. The van der Waals surface area contributed by atoms with Crippen LogP contribution in [0, 0.1) is 19.8 Å². The van der Waals surface area contributed by atoms with Crippen LogP contribution in [0.5, 0.6) is 11.5 Å². The van der Waals surface area contributed by atoms with Crippen molar-refractivity contribution in [3.63, 3.8) is 0 Å². The summed E-state index contributed by atoms with van der Waals surface area (Å²) in [6.07, 6.45) is 0.805. The van der Waals surface area contributed by atoms with Crippen molar-refractivity contribution in [3.8, 4) is 11.5 Å². The van der Waals surface area contributed by atoms with E-state index in [0.717, 1.165) is 28.2 Å². The van der Waals surface area contributed by atoms with Crippen molar-refractivity contribution in [1.82, 2.24) is 4.90 Å². The van der Waals surface area contributed by atoms with E-state index in [1.165, 1.54) is 0 Å². The van der Waals surface area contributed by atoms with Gasteiger partial charge in [0.2, 0.25) is 5.91 Å². The van der Waals surface area contributed by atoms with E-state index in [1.54, 1.807) is 4.90 Å². The Balaban J connectivity index is 1.56. The highest BCUT2D eigenvalue weighted by atomic mass is 16.5. The quantitative estimate of drug-likeness (QED) is 0.862. The van der Waals surface area contributed by atoms with Crippen LogP contribution in [0.25, 0.3) is 0 Å². The molecule has 1 saturated heterocycles. The molecule has 1 aliphatic heterocycles. The Kier molecular flexibility index (Phi) is 5.26. The highest BCUT2D eigenvalue weighted by Crippen LogP contribution is 2.24. The minimum atomic E-state index is -0.895. The third-order valence-corrected chi connectivity index (χ3v) is 4.59. The van der Waals surface area contributed by atoms with Crippen LogP contribution in [0.3, 0.4) is 0 Å². The predicted octanol–water partition coefficient (Wildman–Crippen LogP) is 3.57. The highest BCUT2D eigenvalue weighted by Gasteiger charge is 2.33. The van der Waals surface area contributed by atoms with Crippen LogP contribution in [0.2, 0.25) is 0 Å². The molecule has 1 atom stereocenters. The van der Waals surface area contributed by atoms with Gasteiger partial charge < -0.3 is 14.7 Å². The Morgan fingerprint density at radius 3 is 2.35 bits per heavy atom. The fourth-order valence-corrected chi connectivity index (χ4v) is 3.27. The molecule has 1 N–H and O–H groups in total. The van der Waals surface area contributed by atoms with Crippen LogP contribution >= 0.6 is 0 Å². The van der Waals surface area contributed by atoms with Crippen molar-refractivity contribution in [2.24, 2.45) is 5.92 Å². The van der Waals surface area contributed by atoms with E-state index >= 15 is 0 Å². The number of carboxylic acids is 1. The molecule has 5 nitrogen and oxygen atoms in total. The normalized spacial score (nSPS) is 16.8. The average Bonchev–Trinajstić information content (AvgIpc) is 2.94. The summed E-state index contributed by atoms with van der Waals surface area (Å²) in [6, 6.07) is 13.9. The molecule has 1 amide bonds. The van der Waals surface area contributed by atoms with Crippen molar-refractivity contribution >= 4 is 11.9 Å². The van der Waals surface area contributed by atoms with E-state index in [9.17, 15) is 9.59 Å². The second kappa shape index (κ2) is 7.60. The number of amides is 1. The van der Waals surface area contributed by atoms with Gasteiger partial charge in [0.05, 0.1) is 5.92 Å². The van der Waals surface area contributed by atoms with E-state index in [-0.39, 0.29) is 12.3 Å². The monoisotopic (exact) mass is 353 g/mol. The molecule has 1 unspecified atom stereocenters. The number of aliphatic carboxylic acids is 1. The van der Waals surface area contributed by atoms with Gasteiger partial charge in [0.15, 0.2) is 0 Å². The van der Waals surface area contributed by atoms with Crippen LogP contribution in [-0.2, 0) is 16.0 Å². The molecule has 0 bridgehead atoms. The summed E-state index contributed by atoms with van der Waals surface area (Å²) in [4.78, 5) is 24.5. The van der Waals surface area contributed by atoms with Gasteiger partial charge in [0.25, 0.3) is 0 Å². The predicted molar refractivity (Wildman–Crippen MR) is 98.5 cm³/mol. The topological polar surface area (TPSA) is 66.8 Å². The number of benzene rings is 2. The number of hydrogen-bond donors (Lipinski definition) is 1. The van der Waals surface area contributed by atoms with E-state index in [1.807, 2.05) is 50.2 Å². The lowest BCUT2D eigenvalue weighted by Gasteiger charge is -2.16. The Morgan fingerprint density at radius 1 is 1.12 bits per heavy atom. The number of carboxylic acid groups (broad SMARTS) is 1. The standard InChI is InChI=1S/C21H23NO4/c1-14-9-15(2)11-19(10-14)26-18-5-3-16(4-6-18)7-8-22-13-17(21(24)25)12-20(22)23/h3-6,9-11,17H,7-8,12-13H2,1-2H3,(H,24,25). The number of likely N-dealkylation sites (tertiary alicyclic amines) is 1.